The molecule has 4 N–H and O–H groups in total. The summed E-state index contributed by atoms with van der Waals surface area (Å²) in [5, 5.41) is 5.92. The number of nitrogens with zero attached hydrogens (tertiary/aromatic N) is 1. The lowest BCUT2D eigenvalue weighted by atomic mass is 10.2. The van der Waals surface area contributed by atoms with E-state index in [-0.39, 0.29) is 35.8 Å². The van der Waals surface area contributed by atoms with Gasteiger partial charge in [-0.1, -0.05) is 43.7 Å². The monoisotopic (exact) mass is 452 g/mol. The molecule has 0 aromatic heterocycles. The third kappa shape index (κ3) is 7.13. The topological polar surface area (TPSA) is 79.5 Å². The number of carbonyl (C=O) groups is 1. The highest BCUT2D eigenvalue weighted by Gasteiger charge is 2.06. The van der Waals surface area contributed by atoms with E-state index < -0.39 is 0 Å². The van der Waals surface area contributed by atoms with Crippen molar-refractivity contribution in [1.82, 2.24) is 0 Å². The number of hydrogen-bond acceptors (Lipinski definition) is 2. The summed E-state index contributed by atoms with van der Waals surface area (Å²) in [6.07, 6.45) is 0. The molecule has 0 atom stereocenters. The molecular formula is C19H25IN4O. The van der Waals surface area contributed by atoms with Gasteiger partial charge in [0.15, 0.2) is 5.96 Å². The van der Waals surface area contributed by atoms with E-state index in [0.29, 0.717) is 12.5 Å². The lowest BCUT2D eigenvalue weighted by molar-refractivity contribution is -0.118. The summed E-state index contributed by atoms with van der Waals surface area (Å²) < 4.78 is 0. The Labute approximate surface area is 166 Å². The second-order valence-electron chi connectivity index (χ2n) is 6.03. The van der Waals surface area contributed by atoms with Crippen LogP contribution in [0.5, 0.6) is 0 Å². The van der Waals surface area contributed by atoms with Gasteiger partial charge in [-0.15, -0.1) is 24.0 Å². The first-order valence-electron chi connectivity index (χ1n) is 7.97. The van der Waals surface area contributed by atoms with Crippen LogP contribution in [-0.4, -0.2) is 11.9 Å². The molecule has 0 bridgehead atoms. The standard InChI is InChI=1S/C19H24N4O.HI/c1-13(2)18(24)22-16-10-6-15(7-11-16)12-21-19(20)23-17-8-4-14(3)5-9-17;/h4-11,13H,12H2,1-3H3,(H,22,24)(H3,20,21,23);1H. The van der Waals surface area contributed by atoms with E-state index in [1.54, 1.807) is 0 Å². The van der Waals surface area contributed by atoms with Gasteiger partial charge in [0.1, 0.15) is 0 Å². The van der Waals surface area contributed by atoms with Gasteiger partial charge < -0.3 is 16.4 Å². The van der Waals surface area contributed by atoms with Crippen LogP contribution < -0.4 is 16.4 Å². The SMILES string of the molecule is Cc1ccc(NC(N)=NCc2ccc(NC(=O)C(C)C)cc2)cc1.I. The Morgan fingerprint density at radius 2 is 1.52 bits per heavy atom. The summed E-state index contributed by atoms with van der Waals surface area (Å²) >= 11 is 0. The van der Waals surface area contributed by atoms with Crippen molar-refractivity contribution in [1.29, 1.82) is 0 Å². The van der Waals surface area contributed by atoms with Crippen LogP contribution in [0.4, 0.5) is 11.4 Å². The molecule has 0 aliphatic heterocycles. The van der Waals surface area contributed by atoms with Gasteiger partial charge in [0.25, 0.3) is 0 Å². The maximum atomic E-state index is 11.6. The number of rotatable bonds is 5. The molecule has 0 heterocycles. The van der Waals surface area contributed by atoms with Crippen molar-refractivity contribution in [3.63, 3.8) is 0 Å². The van der Waals surface area contributed by atoms with E-state index >= 15 is 0 Å². The van der Waals surface area contributed by atoms with Crippen LogP contribution in [0.3, 0.4) is 0 Å². The minimum atomic E-state index is -0.0399. The third-order valence-corrected chi connectivity index (χ3v) is 3.50. The molecule has 6 heteroatoms. The van der Waals surface area contributed by atoms with E-state index in [0.717, 1.165) is 16.9 Å². The second-order valence-corrected chi connectivity index (χ2v) is 6.03. The van der Waals surface area contributed by atoms with Crippen molar-refractivity contribution < 1.29 is 4.79 Å². The van der Waals surface area contributed by atoms with Gasteiger partial charge in [0.05, 0.1) is 6.54 Å². The molecule has 0 saturated carbocycles. The lowest BCUT2D eigenvalue weighted by Crippen LogP contribution is -2.22. The van der Waals surface area contributed by atoms with E-state index in [4.69, 9.17) is 5.73 Å². The third-order valence-electron chi connectivity index (χ3n) is 3.50. The van der Waals surface area contributed by atoms with Crippen molar-refractivity contribution in [2.75, 3.05) is 10.6 Å². The molecule has 0 aliphatic rings. The van der Waals surface area contributed by atoms with E-state index in [1.807, 2.05) is 69.3 Å². The molecule has 0 fully saturated rings. The number of guanidine groups is 1. The molecule has 0 saturated heterocycles. The highest BCUT2D eigenvalue weighted by atomic mass is 127. The van der Waals surface area contributed by atoms with Crippen LogP contribution >= 0.6 is 24.0 Å². The molecule has 134 valence electrons. The Hall–Kier alpha value is -2.09. The molecule has 2 aromatic carbocycles. The fourth-order valence-electron chi connectivity index (χ4n) is 1.98. The smallest absolute Gasteiger partial charge is 0.226 e. The first-order chi connectivity index (χ1) is 11.4. The Morgan fingerprint density at radius 1 is 1.00 bits per heavy atom. The van der Waals surface area contributed by atoms with Gasteiger partial charge in [-0.05, 0) is 36.8 Å². The molecule has 25 heavy (non-hydrogen) atoms. The Kier molecular flexibility index (Phi) is 8.40. The highest BCUT2D eigenvalue weighted by Crippen LogP contribution is 2.12. The Bertz CT molecular complexity index is 709. The number of nitrogens with two attached hydrogens (primary N) is 1. The van der Waals surface area contributed by atoms with Gasteiger partial charge >= 0.3 is 0 Å². The highest BCUT2D eigenvalue weighted by molar-refractivity contribution is 14.0. The average molecular weight is 452 g/mol. The lowest BCUT2D eigenvalue weighted by Gasteiger charge is -2.08. The number of aliphatic imine (C=N–C) groups is 1. The van der Waals surface area contributed by atoms with E-state index in [9.17, 15) is 4.79 Å². The van der Waals surface area contributed by atoms with Gasteiger partial charge in [0.2, 0.25) is 5.91 Å². The summed E-state index contributed by atoms with van der Waals surface area (Å²) in [6.45, 7) is 6.24. The van der Waals surface area contributed by atoms with Gasteiger partial charge in [0, 0.05) is 17.3 Å². The summed E-state index contributed by atoms with van der Waals surface area (Å²) in [5.74, 6) is 0.338. The van der Waals surface area contributed by atoms with Gasteiger partial charge in [-0.25, -0.2) is 4.99 Å². The van der Waals surface area contributed by atoms with Crippen molar-refractivity contribution in [2.45, 2.75) is 27.3 Å². The number of nitrogens with one attached hydrogen (secondary N) is 2. The number of aryl methyl sites for hydroxylation is 1. The molecule has 0 aliphatic carbocycles. The van der Waals surface area contributed by atoms with Crippen molar-refractivity contribution in [3.05, 3.63) is 59.7 Å². The fraction of sp³-hybridized carbons (Fsp3) is 0.263. The molecule has 1 amide bonds. The fourth-order valence-corrected chi connectivity index (χ4v) is 1.98. The molecule has 0 unspecified atom stereocenters. The van der Waals surface area contributed by atoms with Gasteiger partial charge in [-0.2, -0.15) is 0 Å². The van der Waals surface area contributed by atoms with Crippen LogP contribution in [0, 0.1) is 12.8 Å². The number of anilines is 2. The maximum absolute atomic E-state index is 11.6. The van der Waals surface area contributed by atoms with Crippen LogP contribution in [0.15, 0.2) is 53.5 Å². The second kappa shape index (κ2) is 10.0. The summed E-state index contributed by atoms with van der Waals surface area (Å²) in [4.78, 5) is 16.0. The summed E-state index contributed by atoms with van der Waals surface area (Å²) in [5.41, 5.74) is 9.81. The maximum Gasteiger partial charge on any atom is 0.226 e. The zero-order chi connectivity index (χ0) is 17.5. The summed E-state index contributed by atoms with van der Waals surface area (Å²) in [7, 11) is 0. The van der Waals surface area contributed by atoms with Crippen LogP contribution in [0.2, 0.25) is 0 Å². The van der Waals surface area contributed by atoms with Crippen LogP contribution in [0.1, 0.15) is 25.0 Å². The van der Waals surface area contributed by atoms with E-state index in [1.165, 1.54) is 5.56 Å². The minimum absolute atomic E-state index is 0. The normalized spacial score (nSPS) is 11.0. The summed E-state index contributed by atoms with van der Waals surface area (Å²) in [6, 6.07) is 15.5. The van der Waals surface area contributed by atoms with Crippen molar-refractivity contribution in [2.24, 2.45) is 16.6 Å². The first kappa shape index (κ1) is 21.0. The Morgan fingerprint density at radius 3 is 2.08 bits per heavy atom. The number of amides is 1. The van der Waals surface area contributed by atoms with Crippen LogP contribution in [-0.2, 0) is 11.3 Å². The molecular weight excluding hydrogens is 427 g/mol. The number of carbonyl (C=O) groups excluding carboxylic acids is 1. The number of hydrogen-bond donors (Lipinski definition) is 3. The predicted molar refractivity (Wildman–Crippen MR) is 115 cm³/mol. The number of benzene rings is 2. The predicted octanol–water partition coefficient (Wildman–Crippen LogP) is 4.13. The minimum Gasteiger partial charge on any atom is -0.370 e. The molecule has 2 rings (SSSR count). The van der Waals surface area contributed by atoms with Crippen LogP contribution in [0.25, 0.3) is 0 Å². The quantitative estimate of drug-likeness (QED) is 0.363. The average Bonchev–Trinajstić information content (AvgIpc) is 2.56. The molecule has 0 radical (unpaired) electrons. The molecule has 5 nitrogen and oxygen atoms in total. The van der Waals surface area contributed by atoms with Gasteiger partial charge in [-0.3, -0.25) is 4.79 Å². The van der Waals surface area contributed by atoms with Crippen molar-refractivity contribution >= 4 is 47.2 Å². The number of halogens is 1. The van der Waals surface area contributed by atoms with E-state index in [2.05, 4.69) is 15.6 Å². The first-order valence-corrected chi connectivity index (χ1v) is 7.97. The largest absolute Gasteiger partial charge is 0.370 e. The zero-order valence-electron chi connectivity index (χ0n) is 14.7. The zero-order valence-corrected chi connectivity index (χ0v) is 17.1. The molecule has 0 spiro atoms. The van der Waals surface area contributed by atoms with Crippen molar-refractivity contribution in [3.8, 4) is 0 Å². The molecule has 2 aromatic rings. The Balaban J connectivity index is 0.00000312.